The van der Waals surface area contributed by atoms with Gasteiger partial charge in [-0.1, -0.05) is 13.3 Å². The van der Waals surface area contributed by atoms with Crippen molar-refractivity contribution in [1.29, 1.82) is 0 Å². The number of aliphatic imine (C=N–C) groups is 1. The minimum absolute atomic E-state index is 0.335. The number of ether oxygens (including phenoxy) is 2. The predicted octanol–water partition coefficient (Wildman–Crippen LogP) is 1.67. The van der Waals surface area contributed by atoms with Crippen molar-refractivity contribution in [1.82, 2.24) is 10.6 Å². The Balaban J connectivity index is 1.57. The number of hydrogen-bond donors (Lipinski definition) is 2. The fraction of sp³-hybridized carbons (Fsp3) is 0.944. The second-order valence-electron chi connectivity index (χ2n) is 6.96. The van der Waals surface area contributed by atoms with E-state index in [1.54, 1.807) is 7.05 Å². The van der Waals surface area contributed by atoms with E-state index < -0.39 is 10.8 Å². The highest BCUT2D eigenvalue weighted by molar-refractivity contribution is 7.85. The van der Waals surface area contributed by atoms with Crippen molar-refractivity contribution >= 4 is 16.8 Å². The highest BCUT2D eigenvalue weighted by Gasteiger charge is 2.25. The minimum atomic E-state index is -0.687. The minimum Gasteiger partial charge on any atom is -0.381 e. The summed E-state index contributed by atoms with van der Waals surface area (Å²) in [5.74, 6) is 2.18. The average Bonchev–Trinajstić information content (AvgIpc) is 3.16. The number of guanidine groups is 1. The Labute approximate surface area is 155 Å². The van der Waals surface area contributed by atoms with E-state index in [2.05, 4.69) is 15.6 Å². The third-order valence-corrected chi connectivity index (χ3v) is 6.72. The molecule has 4 unspecified atom stereocenters. The molecule has 6 nitrogen and oxygen atoms in total. The van der Waals surface area contributed by atoms with Crippen molar-refractivity contribution in [2.24, 2.45) is 10.9 Å². The van der Waals surface area contributed by atoms with Crippen LogP contribution in [0.1, 0.15) is 45.4 Å². The molecule has 1 saturated heterocycles. The topological polar surface area (TPSA) is 72.0 Å². The molecule has 2 rings (SSSR count). The van der Waals surface area contributed by atoms with Gasteiger partial charge in [-0.3, -0.25) is 9.20 Å². The van der Waals surface area contributed by atoms with Crippen LogP contribution in [0.15, 0.2) is 4.99 Å². The van der Waals surface area contributed by atoms with Crippen LogP contribution in [0, 0.1) is 5.92 Å². The third-order valence-electron chi connectivity index (χ3n) is 4.98. The summed E-state index contributed by atoms with van der Waals surface area (Å²) >= 11 is 0. The first-order valence-electron chi connectivity index (χ1n) is 9.72. The van der Waals surface area contributed by atoms with Gasteiger partial charge < -0.3 is 20.1 Å². The van der Waals surface area contributed by atoms with Gasteiger partial charge in [0.25, 0.3) is 0 Å². The van der Waals surface area contributed by atoms with Crippen molar-refractivity contribution in [3.8, 4) is 0 Å². The van der Waals surface area contributed by atoms with Gasteiger partial charge >= 0.3 is 0 Å². The van der Waals surface area contributed by atoms with Crippen molar-refractivity contribution < 1.29 is 13.7 Å². The van der Waals surface area contributed by atoms with Crippen molar-refractivity contribution in [3.63, 3.8) is 0 Å². The van der Waals surface area contributed by atoms with E-state index in [9.17, 15) is 4.21 Å². The summed E-state index contributed by atoms with van der Waals surface area (Å²) in [7, 11) is 1.11. The largest absolute Gasteiger partial charge is 0.381 e. The third kappa shape index (κ3) is 7.62. The molecule has 0 radical (unpaired) electrons. The molecule has 7 heteroatoms. The highest BCUT2D eigenvalue weighted by Crippen LogP contribution is 2.22. The lowest BCUT2D eigenvalue weighted by Gasteiger charge is -2.30. The maximum atomic E-state index is 12.1. The van der Waals surface area contributed by atoms with Crippen LogP contribution >= 0.6 is 0 Å². The number of nitrogens with zero attached hydrogens (tertiary/aromatic N) is 1. The second kappa shape index (κ2) is 11.9. The van der Waals surface area contributed by atoms with Gasteiger partial charge in [-0.2, -0.15) is 0 Å². The summed E-state index contributed by atoms with van der Waals surface area (Å²) in [6, 6.07) is 0.374. The predicted molar refractivity (Wildman–Crippen MR) is 104 cm³/mol. The monoisotopic (exact) mass is 373 g/mol. The van der Waals surface area contributed by atoms with Gasteiger partial charge in [0.1, 0.15) is 0 Å². The number of nitrogens with one attached hydrogen (secondary N) is 2. The summed E-state index contributed by atoms with van der Waals surface area (Å²) in [4.78, 5) is 4.31. The van der Waals surface area contributed by atoms with Crippen LogP contribution in [0.5, 0.6) is 0 Å². The molecule has 2 aliphatic rings. The van der Waals surface area contributed by atoms with Gasteiger partial charge in [0, 0.05) is 60.6 Å². The maximum Gasteiger partial charge on any atom is 0.191 e. The normalized spacial score (nSPS) is 28.7. The zero-order valence-corrected chi connectivity index (χ0v) is 16.6. The molecule has 0 bridgehead atoms. The van der Waals surface area contributed by atoms with Crippen molar-refractivity contribution in [3.05, 3.63) is 0 Å². The molecule has 1 aliphatic carbocycles. The first-order valence-corrected chi connectivity index (χ1v) is 11.1. The molecule has 25 heavy (non-hydrogen) atoms. The molecule has 4 atom stereocenters. The van der Waals surface area contributed by atoms with Gasteiger partial charge in [0.15, 0.2) is 5.96 Å². The van der Waals surface area contributed by atoms with Gasteiger partial charge in [0.05, 0.1) is 13.2 Å². The van der Waals surface area contributed by atoms with Crippen molar-refractivity contribution in [2.75, 3.05) is 45.8 Å². The molecule has 0 aromatic rings. The van der Waals surface area contributed by atoms with E-state index in [-0.39, 0.29) is 0 Å². The van der Waals surface area contributed by atoms with Crippen molar-refractivity contribution in [2.45, 2.75) is 56.7 Å². The molecule has 0 amide bonds. The molecule has 0 spiro atoms. The zero-order valence-electron chi connectivity index (χ0n) is 15.8. The van der Waals surface area contributed by atoms with E-state index in [0.717, 1.165) is 83.2 Å². The Morgan fingerprint density at radius 2 is 2.24 bits per heavy atom. The van der Waals surface area contributed by atoms with Gasteiger partial charge in [0.2, 0.25) is 0 Å². The van der Waals surface area contributed by atoms with Gasteiger partial charge in [-0.25, -0.2) is 0 Å². The lowest BCUT2D eigenvalue weighted by molar-refractivity contribution is 0.0888. The van der Waals surface area contributed by atoms with Gasteiger partial charge in [-0.05, 0) is 32.1 Å². The maximum absolute atomic E-state index is 12.1. The second-order valence-corrected chi connectivity index (χ2v) is 8.96. The molecule has 1 aliphatic heterocycles. The summed E-state index contributed by atoms with van der Waals surface area (Å²) in [5, 5.41) is 7.19. The first-order chi connectivity index (χ1) is 12.2. The van der Waals surface area contributed by atoms with E-state index >= 15 is 0 Å². The number of rotatable bonds is 9. The summed E-state index contributed by atoms with van der Waals surface area (Å²) in [6.07, 6.45) is 6.43. The fourth-order valence-corrected chi connectivity index (χ4v) is 4.83. The fourth-order valence-electron chi connectivity index (χ4n) is 3.48. The van der Waals surface area contributed by atoms with Crippen LogP contribution in [-0.4, -0.2) is 67.2 Å². The number of hydrogen-bond acceptors (Lipinski definition) is 4. The Kier molecular flexibility index (Phi) is 9.80. The zero-order chi connectivity index (χ0) is 17.9. The van der Waals surface area contributed by atoms with Crippen LogP contribution in [0.25, 0.3) is 0 Å². The Morgan fingerprint density at radius 3 is 2.96 bits per heavy atom. The molecule has 1 heterocycles. The molecule has 0 aromatic heterocycles. The molecule has 2 N–H and O–H groups in total. The Morgan fingerprint density at radius 1 is 1.36 bits per heavy atom. The quantitative estimate of drug-likeness (QED) is 0.365. The lowest BCUT2D eigenvalue weighted by Crippen LogP contribution is -2.46. The SMILES string of the molecule is CCS(=O)C1CCCC(NC(=NC)NCCCOCC2CCOC2)C1. The highest BCUT2D eigenvalue weighted by atomic mass is 32.2. The summed E-state index contributed by atoms with van der Waals surface area (Å²) in [5.41, 5.74) is 0. The van der Waals surface area contributed by atoms with Gasteiger partial charge in [-0.15, -0.1) is 0 Å². The van der Waals surface area contributed by atoms with E-state index in [0.29, 0.717) is 17.2 Å². The van der Waals surface area contributed by atoms with E-state index in [1.807, 2.05) is 6.92 Å². The molecule has 1 saturated carbocycles. The first kappa shape index (κ1) is 20.6. The lowest BCUT2D eigenvalue weighted by atomic mass is 9.95. The van der Waals surface area contributed by atoms with E-state index in [4.69, 9.17) is 9.47 Å². The Bertz CT molecular complexity index is 428. The summed E-state index contributed by atoms with van der Waals surface area (Å²) in [6.45, 7) is 6.16. The summed E-state index contributed by atoms with van der Waals surface area (Å²) < 4.78 is 23.1. The van der Waals surface area contributed by atoms with Crippen LogP contribution < -0.4 is 10.6 Å². The molecule has 0 aromatic carbocycles. The van der Waals surface area contributed by atoms with Crippen LogP contribution in [0.4, 0.5) is 0 Å². The van der Waals surface area contributed by atoms with Crippen LogP contribution in [-0.2, 0) is 20.3 Å². The molecular weight excluding hydrogens is 338 g/mol. The Hall–Kier alpha value is -0.660. The smallest absolute Gasteiger partial charge is 0.191 e. The van der Waals surface area contributed by atoms with Crippen LogP contribution in [0.2, 0.25) is 0 Å². The standard InChI is InChI=1S/C18H35N3O3S/c1-3-25(22)17-7-4-6-16(12-17)21-18(19-2)20-9-5-10-23-13-15-8-11-24-14-15/h15-17H,3-14H2,1-2H3,(H2,19,20,21). The molecule has 2 fully saturated rings. The molecule has 146 valence electrons. The van der Waals surface area contributed by atoms with E-state index in [1.165, 1.54) is 0 Å². The average molecular weight is 374 g/mol. The van der Waals surface area contributed by atoms with Crippen LogP contribution in [0.3, 0.4) is 0 Å². The molecular formula is C18H35N3O3S.